The van der Waals surface area contributed by atoms with Gasteiger partial charge in [0.25, 0.3) is 0 Å². The Hall–Kier alpha value is -1.72. The molecule has 2 aliphatic rings. The topological polar surface area (TPSA) is 99.9 Å². The Bertz CT molecular complexity index is 1030. The van der Waals surface area contributed by atoms with Gasteiger partial charge in [-0.25, -0.2) is 8.42 Å². The number of hydrogen-bond donors (Lipinski definition) is 0. The number of benzene rings is 1. The standard InChI is InChI=1S/C22H30ClN5O4S.ClH/c23-18-5-7-19(8-6-18)33(30,31)28-15-13-26(14-16-28)17-20-24-21(32-25-20)9-10-22(29)27-11-3-1-2-4-12-27;/h5-8H,1-4,9-17H2;1H. The summed E-state index contributed by atoms with van der Waals surface area (Å²) in [7, 11) is -3.54. The van der Waals surface area contributed by atoms with Gasteiger partial charge in [0.1, 0.15) is 0 Å². The van der Waals surface area contributed by atoms with Crippen molar-refractivity contribution in [3.8, 4) is 0 Å². The molecule has 0 spiro atoms. The number of nitrogens with zero attached hydrogens (tertiary/aromatic N) is 5. The summed E-state index contributed by atoms with van der Waals surface area (Å²) in [6, 6.07) is 6.23. The van der Waals surface area contributed by atoms with E-state index in [1.807, 2.05) is 4.90 Å². The number of rotatable bonds is 7. The second-order valence-corrected chi connectivity index (χ2v) is 10.9. The molecule has 34 heavy (non-hydrogen) atoms. The van der Waals surface area contributed by atoms with E-state index in [0.29, 0.717) is 62.3 Å². The van der Waals surface area contributed by atoms with Crippen LogP contribution in [-0.2, 0) is 27.8 Å². The molecule has 0 N–H and O–H groups in total. The highest BCUT2D eigenvalue weighted by atomic mass is 35.5. The summed E-state index contributed by atoms with van der Waals surface area (Å²) >= 11 is 5.87. The zero-order valence-electron chi connectivity index (χ0n) is 19.1. The van der Waals surface area contributed by atoms with Crippen molar-refractivity contribution in [2.45, 2.75) is 50.0 Å². The molecule has 188 valence electrons. The molecule has 0 bridgehead atoms. The molecule has 12 heteroatoms. The molecule has 4 rings (SSSR count). The highest BCUT2D eigenvalue weighted by Gasteiger charge is 2.29. The van der Waals surface area contributed by atoms with Crippen molar-refractivity contribution >= 4 is 39.9 Å². The van der Waals surface area contributed by atoms with Gasteiger partial charge in [-0.05, 0) is 37.1 Å². The van der Waals surface area contributed by atoms with Crippen LogP contribution < -0.4 is 0 Å². The highest BCUT2D eigenvalue weighted by Crippen LogP contribution is 2.20. The van der Waals surface area contributed by atoms with Gasteiger partial charge in [0.2, 0.25) is 21.8 Å². The molecule has 1 aromatic carbocycles. The van der Waals surface area contributed by atoms with Gasteiger partial charge in [-0.2, -0.15) is 9.29 Å². The van der Waals surface area contributed by atoms with Crippen molar-refractivity contribution in [1.29, 1.82) is 0 Å². The first-order valence-corrected chi connectivity index (χ1v) is 13.3. The first kappa shape index (κ1) is 26.9. The Morgan fingerprint density at radius 3 is 2.26 bits per heavy atom. The maximum atomic E-state index is 12.8. The summed E-state index contributed by atoms with van der Waals surface area (Å²) in [5, 5.41) is 4.55. The van der Waals surface area contributed by atoms with Crippen molar-refractivity contribution in [1.82, 2.24) is 24.2 Å². The largest absolute Gasteiger partial charge is 0.343 e. The maximum absolute atomic E-state index is 12.8. The number of aromatic nitrogens is 2. The average Bonchev–Trinajstić information content (AvgIpc) is 3.08. The minimum atomic E-state index is -3.54. The van der Waals surface area contributed by atoms with Crippen LogP contribution in [0.5, 0.6) is 0 Å². The van der Waals surface area contributed by atoms with Gasteiger partial charge in [-0.15, -0.1) is 12.4 Å². The highest BCUT2D eigenvalue weighted by molar-refractivity contribution is 7.89. The lowest BCUT2D eigenvalue weighted by molar-refractivity contribution is -0.131. The normalized spacial score (nSPS) is 18.3. The predicted octanol–water partition coefficient (Wildman–Crippen LogP) is 2.99. The molecule has 0 atom stereocenters. The summed E-state index contributed by atoms with van der Waals surface area (Å²) in [5.41, 5.74) is 0. The van der Waals surface area contributed by atoms with Crippen molar-refractivity contribution in [2.24, 2.45) is 0 Å². The van der Waals surface area contributed by atoms with Crippen LogP contribution >= 0.6 is 24.0 Å². The number of amides is 1. The monoisotopic (exact) mass is 531 g/mol. The van der Waals surface area contributed by atoms with Gasteiger partial charge >= 0.3 is 0 Å². The predicted molar refractivity (Wildman–Crippen MR) is 130 cm³/mol. The summed E-state index contributed by atoms with van der Waals surface area (Å²) in [4.78, 5) is 21.2. The Morgan fingerprint density at radius 2 is 1.62 bits per heavy atom. The van der Waals surface area contributed by atoms with E-state index in [9.17, 15) is 13.2 Å². The van der Waals surface area contributed by atoms with E-state index in [1.165, 1.54) is 29.3 Å². The molecule has 1 aromatic heterocycles. The molecule has 2 aliphatic heterocycles. The van der Waals surface area contributed by atoms with Crippen molar-refractivity contribution < 1.29 is 17.7 Å². The summed E-state index contributed by atoms with van der Waals surface area (Å²) in [6.45, 7) is 4.09. The van der Waals surface area contributed by atoms with Crippen LogP contribution in [-0.4, -0.2) is 77.8 Å². The lowest BCUT2D eigenvalue weighted by Crippen LogP contribution is -2.48. The van der Waals surface area contributed by atoms with Crippen LogP contribution in [0.15, 0.2) is 33.7 Å². The smallest absolute Gasteiger partial charge is 0.243 e. The van der Waals surface area contributed by atoms with Gasteiger partial charge in [-0.1, -0.05) is 29.6 Å². The van der Waals surface area contributed by atoms with E-state index >= 15 is 0 Å². The second kappa shape index (κ2) is 12.3. The van der Waals surface area contributed by atoms with E-state index in [0.717, 1.165) is 25.9 Å². The molecule has 2 saturated heterocycles. The van der Waals surface area contributed by atoms with E-state index in [2.05, 4.69) is 15.0 Å². The number of sulfonamides is 1. The average molecular weight is 532 g/mol. The maximum Gasteiger partial charge on any atom is 0.243 e. The molecule has 2 aromatic rings. The number of halogens is 2. The first-order valence-electron chi connectivity index (χ1n) is 11.5. The van der Waals surface area contributed by atoms with Gasteiger partial charge < -0.3 is 9.42 Å². The molecule has 0 radical (unpaired) electrons. The zero-order chi connectivity index (χ0) is 23.3. The Balaban J connectivity index is 0.00000324. The molecule has 0 saturated carbocycles. The van der Waals surface area contributed by atoms with Gasteiger partial charge in [0.15, 0.2) is 5.82 Å². The SMILES string of the molecule is Cl.O=C(CCc1nc(CN2CCN(S(=O)(=O)c3ccc(Cl)cc3)CC2)no1)N1CCCCCC1. The van der Waals surface area contributed by atoms with E-state index in [-0.39, 0.29) is 23.2 Å². The van der Waals surface area contributed by atoms with Crippen LogP contribution in [0.4, 0.5) is 0 Å². The Morgan fingerprint density at radius 1 is 0.971 bits per heavy atom. The van der Waals surface area contributed by atoms with Gasteiger partial charge in [0, 0.05) is 57.1 Å². The van der Waals surface area contributed by atoms with Crippen LogP contribution in [0.2, 0.25) is 5.02 Å². The Kier molecular flexibility index (Phi) is 9.73. The van der Waals surface area contributed by atoms with Crippen molar-refractivity contribution in [3.63, 3.8) is 0 Å². The molecule has 3 heterocycles. The third-order valence-corrected chi connectivity index (χ3v) is 8.33. The number of aryl methyl sites for hydroxylation is 1. The number of carbonyl (C=O) groups is 1. The third-order valence-electron chi connectivity index (χ3n) is 6.17. The third kappa shape index (κ3) is 6.91. The second-order valence-electron chi connectivity index (χ2n) is 8.53. The fourth-order valence-corrected chi connectivity index (χ4v) is 5.78. The quantitative estimate of drug-likeness (QED) is 0.541. The minimum absolute atomic E-state index is 0. The van der Waals surface area contributed by atoms with E-state index in [4.69, 9.17) is 16.1 Å². The molecule has 1 amide bonds. The molecular formula is C22H31Cl2N5O4S. The molecule has 0 aliphatic carbocycles. The summed E-state index contributed by atoms with van der Waals surface area (Å²) < 4.78 is 32.5. The molecular weight excluding hydrogens is 501 g/mol. The number of piperazine rings is 1. The number of hydrogen-bond acceptors (Lipinski definition) is 7. The van der Waals surface area contributed by atoms with Gasteiger partial charge in [0.05, 0.1) is 11.4 Å². The fourth-order valence-electron chi connectivity index (χ4n) is 4.23. The van der Waals surface area contributed by atoms with Crippen LogP contribution in [0, 0.1) is 0 Å². The van der Waals surface area contributed by atoms with Crippen LogP contribution in [0.1, 0.15) is 43.8 Å². The van der Waals surface area contributed by atoms with E-state index in [1.54, 1.807) is 12.1 Å². The van der Waals surface area contributed by atoms with Crippen LogP contribution in [0.25, 0.3) is 0 Å². The lowest BCUT2D eigenvalue weighted by Gasteiger charge is -2.33. The number of carbonyl (C=O) groups excluding carboxylic acids is 1. The lowest BCUT2D eigenvalue weighted by atomic mass is 10.2. The fraction of sp³-hybridized carbons (Fsp3) is 0.591. The first-order chi connectivity index (χ1) is 15.9. The van der Waals surface area contributed by atoms with E-state index < -0.39 is 10.0 Å². The summed E-state index contributed by atoms with van der Waals surface area (Å²) in [5.74, 6) is 1.17. The van der Waals surface area contributed by atoms with Crippen molar-refractivity contribution in [3.05, 3.63) is 41.0 Å². The van der Waals surface area contributed by atoms with Crippen molar-refractivity contribution in [2.75, 3.05) is 39.3 Å². The summed E-state index contributed by atoms with van der Waals surface area (Å²) in [6.07, 6.45) is 5.35. The number of likely N-dealkylation sites (tertiary alicyclic amines) is 1. The Labute approximate surface area is 211 Å². The van der Waals surface area contributed by atoms with Crippen LogP contribution in [0.3, 0.4) is 0 Å². The molecule has 0 unspecified atom stereocenters. The molecule has 9 nitrogen and oxygen atoms in total. The zero-order valence-corrected chi connectivity index (χ0v) is 21.5. The minimum Gasteiger partial charge on any atom is -0.343 e. The van der Waals surface area contributed by atoms with Gasteiger partial charge in [-0.3, -0.25) is 9.69 Å². The molecule has 2 fully saturated rings.